The van der Waals surface area contributed by atoms with Gasteiger partial charge in [-0.05, 0) is 24.5 Å². The lowest BCUT2D eigenvalue weighted by Gasteiger charge is -2.29. The highest BCUT2D eigenvalue weighted by atomic mass is 32.2. The van der Waals surface area contributed by atoms with Crippen molar-refractivity contribution < 1.29 is 32.6 Å². The molecule has 1 saturated heterocycles. The second kappa shape index (κ2) is 8.60. The smallest absolute Gasteiger partial charge is 0.342 e. The van der Waals surface area contributed by atoms with Crippen LogP contribution in [0.5, 0.6) is 11.5 Å². The van der Waals surface area contributed by atoms with Gasteiger partial charge in [0.2, 0.25) is 0 Å². The Morgan fingerprint density at radius 2 is 2.04 bits per heavy atom. The molecular weight excluding hydrogens is 374 g/mol. The summed E-state index contributed by atoms with van der Waals surface area (Å²) in [5.41, 5.74) is -0.110. The number of aromatic hydroxyl groups is 1. The second-order valence-electron chi connectivity index (χ2n) is 6.93. The minimum Gasteiger partial charge on any atom is -0.504 e. The normalized spacial score (nSPS) is 18.3. The Bertz CT molecular complexity index is 804. The summed E-state index contributed by atoms with van der Waals surface area (Å²) in [5, 5.41) is 9.99. The van der Waals surface area contributed by atoms with Crippen LogP contribution in [0.2, 0.25) is 0 Å². The minimum atomic E-state index is -3.15. The zero-order chi connectivity index (χ0) is 20.2. The summed E-state index contributed by atoms with van der Waals surface area (Å²) in [6.45, 7) is 3.69. The first-order valence-corrected chi connectivity index (χ1v) is 10.5. The lowest BCUT2D eigenvalue weighted by molar-refractivity contribution is -0.137. The first-order chi connectivity index (χ1) is 12.6. The number of carbonyl (C=O) groups is 2. The molecule has 0 bridgehead atoms. The van der Waals surface area contributed by atoms with Crippen molar-refractivity contribution in [3.8, 4) is 11.5 Å². The molecule has 1 amide bonds. The van der Waals surface area contributed by atoms with Gasteiger partial charge in [0.15, 0.2) is 27.9 Å². The van der Waals surface area contributed by atoms with Gasteiger partial charge in [-0.25, -0.2) is 13.2 Å². The fourth-order valence-corrected chi connectivity index (χ4v) is 4.74. The van der Waals surface area contributed by atoms with Crippen LogP contribution in [-0.4, -0.2) is 68.1 Å². The monoisotopic (exact) mass is 399 g/mol. The molecule has 0 radical (unpaired) electrons. The Morgan fingerprint density at radius 3 is 2.59 bits per heavy atom. The van der Waals surface area contributed by atoms with E-state index in [1.165, 1.54) is 30.2 Å². The number of rotatable bonds is 7. The van der Waals surface area contributed by atoms with Gasteiger partial charge in [0, 0.05) is 12.6 Å². The summed E-state index contributed by atoms with van der Waals surface area (Å²) in [4.78, 5) is 26.3. The van der Waals surface area contributed by atoms with E-state index in [0.717, 1.165) is 0 Å². The predicted octanol–water partition coefficient (Wildman–Crippen LogP) is 1.23. The van der Waals surface area contributed by atoms with Gasteiger partial charge in [-0.1, -0.05) is 19.9 Å². The van der Waals surface area contributed by atoms with Crippen LogP contribution in [0.15, 0.2) is 18.2 Å². The highest BCUT2D eigenvalue weighted by molar-refractivity contribution is 7.91. The number of benzene rings is 1. The molecule has 2 rings (SSSR count). The third kappa shape index (κ3) is 5.35. The summed E-state index contributed by atoms with van der Waals surface area (Å²) >= 11 is 0. The van der Waals surface area contributed by atoms with Crippen LogP contribution in [0.25, 0.3) is 0 Å². The third-order valence-electron chi connectivity index (χ3n) is 4.30. The summed E-state index contributed by atoms with van der Waals surface area (Å²) in [5.74, 6) is -1.44. The molecule has 0 spiro atoms. The molecular formula is C18H25NO7S. The number of carbonyl (C=O) groups excluding carboxylic acids is 2. The van der Waals surface area contributed by atoms with Crippen LogP contribution in [0.4, 0.5) is 0 Å². The summed E-state index contributed by atoms with van der Waals surface area (Å²) in [6.07, 6.45) is 0.380. The zero-order valence-corrected chi connectivity index (χ0v) is 16.5. The molecule has 0 aromatic heterocycles. The Balaban J connectivity index is 2.06. The van der Waals surface area contributed by atoms with Gasteiger partial charge in [-0.3, -0.25) is 4.79 Å². The molecule has 1 fully saturated rings. The number of sulfone groups is 1. The third-order valence-corrected chi connectivity index (χ3v) is 6.05. The maximum Gasteiger partial charge on any atom is 0.342 e. The fraction of sp³-hybridized carbons (Fsp3) is 0.556. The van der Waals surface area contributed by atoms with E-state index >= 15 is 0 Å². The Hall–Kier alpha value is -2.29. The fourth-order valence-electron chi connectivity index (χ4n) is 3.01. The van der Waals surface area contributed by atoms with Crippen molar-refractivity contribution in [2.75, 3.05) is 31.8 Å². The van der Waals surface area contributed by atoms with Crippen molar-refractivity contribution in [2.24, 2.45) is 5.92 Å². The number of ether oxygens (including phenoxy) is 2. The molecule has 1 heterocycles. The van der Waals surface area contributed by atoms with Crippen LogP contribution in [0.3, 0.4) is 0 Å². The minimum absolute atomic E-state index is 0.0526. The molecule has 0 saturated carbocycles. The molecule has 1 aliphatic heterocycles. The number of esters is 1. The predicted molar refractivity (Wildman–Crippen MR) is 98.6 cm³/mol. The molecule has 27 heavy (non-hydrogen) atoms. The average Bonchev–Trinajstić information content (AvgIpc) is 2.97. The summed E-state index contributed by atoms with van der Waals surface area (Å²) in [7, 11) is -1.79. The lowest BCUT2D eigenvalue weighted by atomic mass is 10.1. The zero-order valence-electron chi connectivity index (χ0n) is 15.7. The van der Waals surface area contributed by atoms with E-state index in [-0.39, 0.29) is 34.5 Å². The Kier molecular flexibility index (Phi) is 6.69. The molecule has 1 atom stereocenters. The van der Waals surface area contributed by atoms with Gasteiger partial charge in [-0.2, -0.15) is 0 Å². The molecule has 150 valence electrons. The number of phenolic OH excluding ortho intramolecular Hbond substituents is 1. The number of phenols is 1. The molecule has 0 aliphatic carbocycles. The van der Waals surface area contributed by atoms with Gasteiger partial charge in [-0.15, -0.1) is 0 Å². The van der Waals surface area contributed by atoms with Gasteiger partial charge < -0.3 is 19.5 Å². The second-order valence-corrected chi connectivity index (χ2v) is 9.16. The number of amides is 1. The number of nitrogens with zero attached hydrogens (tertiary/aromatic N) is 1. The number of methoxy groups -OCH3 is 1. The first-order valence-electron chi connectivity index (χ1n) is 8.67. The van der Waals surface area contributed by atoms with E-state index in [1.54, 1.807) is 0 Å². The lowest BCUT2D eigenvalue weighted by Crippen LogP contribution is -2.45. The van der Waals surface area contributed by atoms with Crippen molar-refractivity contribution >= 4 is 21.7 Å². The van der Waals surface area contributed by atoms with Gasteiger partial charge >= 0.3 is 5.97 Å². The highest BCUT2D eigenvalue weighted by Crippen LogP contribution is 2.29. The summed E-state index contributed by atoms with van der Waals surface area (Å²) in [6, 6.07) is 3.96. The standard InChI is InChI=1S/C18H25NO7S/c1-12(2)9-19(13-7-8-27(23,24)11-13)16(20)10-26-18(22)14-5-4-6-15(25-3)17(14)21/h4-6,12-13,21H,7-11H2,1-3H3. The number of hydrogen-bond acceptors (Lipinski definition) is 7. The quantitative estimate of drug-likeness (QED) is 0.687. The van der Waals surface area contributed by atoms with E-state index < -0.39 is 34.4 Å². The van der Waals surface area contributed by atoms with Crippen LogP contribution in [0.1, 0.15) is 30.6 Å². The van der Waals surface area contributed by atoms with Crippen molar-refractivity contribution in [1.29, 1.82) is 0 Å². The van der Waals surface area contributed by atoms with Crippen molar-refractivity contribution in [2.45, 2.75) is 26.3 Å². The Labute approximate surface area is 159 Å². The molecule has 1 unspecified atom stereocenters. The van der Waals surface area contributed by atoms with E-state index in [2.05, 4.69) is 0 Å². The van der Waals surface area contributed by atoms with Gasteiger partial charge in [0.25, 0.3) is 5.91 Å². The highest BCUT2D eigenvalue weighted by Gasteiger charge is 2.35. The van der Waals surface area contributed by atoms with Crippen LogP contribution in [-0.2, 0) is 19.4 Å². The van der Waals surface area contributed by atoms with E-state index in [9.17, 15) is 23.1 Å². The molecule has 1 aromatic carbocycles. The molecule has 1 N–H and O–H groups in total. The molecule has 9 heteroatoms. The van der Waals surface area contributed by atoms with Gasteiger partial charge in [0.05, 0.1) is 18.6 Å². The molecule has 1 aromatic rings. The molecule has 1 aliphatic rings. The van der Waals surface area contributed by atoms with E-state index in [0.29, 0.717) is 13.0 Å². The SMILES string of the molecule is COc1cccc(C(=O)OCC(=O)N(CC(C)C)C2CCS(=O)(=O)C2)c1O. The number of para-hydroxylation sites is 1. The topological polar surface area (TPSA) is 110 Å². The van der Waals surface area contributed by atoms with Crippen LogP contribution >= 0.6 is 0 Å². The van der Waals surface area contributed by atoms with Crippen molar-refractivity contribution in [1.82, 2.24) is 4.90 Å². The maximum atomic E-state index is 12.6. The average molecular weight is 399 g/mol. The summed E-state index contributed by atoms with van der Waals surface area (Å²) < 4.78 is 33.5. The Morgan fingerprint density at radius 1 is 1.33 bits per heavy atom. The molecule has 8 nitrogen and oxygen atoms in total. The van der Waals surface area contributed by atoms with E-state index in [4.69, 9.17) is 9.47 Å². The largest absolute Gasteiger partial charge is 0.504 e. The van der Waals surface area contributed by atoms with Crippen LogP contribution < -0.4 is 4.74 Å². The van der Waals surface area contributed by atoms with Crippen molar-refractivity contribution in [3.05, 3.63) is 23.8 Å². The van der Waals surface area contributed by atoms with E-state index in [1.807, 2.05) is 13.8 Å². The van der Waals surface area contributed by atoms with Crippen molar-refractivity contribution in [3.63, 3.8) is 0 Å². The number of hydrogen-bond donors (Lipinski definition) is 1. The first kappa shape index (κ1) is 21.0. The maximum absolute atomic E-state index is 12.6. The van der Waals surface area contributed by atoms with Gasteiger partial charge in [0.1, 0.15) is 5.56 Å². The van der Waals surface area contributed by atoms with Crippen LogP contribution in [0, 0.1) is 5.92 Å².